The Labute approximate surface area is 169 Å². The first kappa shape index (κ1) is 19.7. The van der Waals surface area contributed by atoms with Gasteiger partial charge in [-0.25, -0.2) is 9.78 Å². The first-order valence-electron chi connectivity index (χ1n) is 8.25. The molecular weight excluding hydrogens is 398 g/mol. The van der Waals surface area contributed by atoms with Crippen LogP contribution in [0.3, 0.4) is 0 Å². The van der Waals surface area contributed by atoms with Gasteiger partial charge >= 0.3 is 5.97 Å². The van der Waals surface area contributed by atoms with Gasteiger partial charge < -0.3 is 15.0 Å². The molecular formula is C19H17N3O4S2. The SMILES string of the molecule is CC(=O)Nc1nc(COC(=O)c2ccccc2N(C)C(=O)c2cccs2)cs1. The molecule has 0 aliphatic rings. The summed E-state index contributed by atoms with van der Waals surface area (Å²) < 4.78 is 5.35. The van der Waals surface area contributed by atoms with E-state index in [2.05, 4.69) is 10.3 Å². The number of rotatable bonds is 6. The molecule has 9 heteroatoms. The fourth-order valence-electron chi connectivity index (χ4n) is 2.41. The molecule has 0 saturated carbocycles. The van der Waals surface area contributed by atoms with E-state index in [1.807, 2.05) is 5.38 Å². The van der Waals surface area contributed by atoms with Crippen molar-refractivity contribution >= 4 is 51.3 Å². The molecule has 0 fully saturated rings. The van der Waals surface area contributed by atoms with Gasteiger partial charge in [-0.1, -0.05) is 18.2 Å². The summed E-state index contributed by atoms with van der Waals surface area (Å²) in [6, 6.07) is 10.3. The van der Waals surface area contributed by atoms with Crippen LogP contribution in [0.5, 0.6) is 0 Å². The van der Waals surface area contributed by atoms with Crippen LogP contribution >= 0.6 is 22.7 Å². The second-order valence-corrected chi connectivity index (χ2v) is 7.57. The summed E-state index contributed by atoms with van der Waals surface area (Å²) in [7, 11) is 1.62. The highest BCUT2D eigenvalue weighted by molar-refractivity contribution is 7.14. The van der Waals surface area contributed by atoms with E-state index in [0.29, 0.717) is 21.4 Å². The van der Waals surface area contributed by atoms with Crippen molar-refractivity contribution in [2.75, 3.05) is 17.3 Å². The lowest BCUT2D eigenvalue weighted by Gasteiger charge is -2.19. The largest absolute Gasteiger partial charge is 0.455 e. The van der Waals surface area contributed by atoms with E-state index < -0.39 is 5.97 Å². The third kappa shape index (κ3) is 4.62. The number of esters is 1. The Morgan fingerprint density at radius 2 is 1.93 bits per heavy atom. The van der Waals surface area contributed by atoms with Crippen LogP contribution in [0.4, 0.5) is 10.8 Å². The molecule has 2 aromatic heterocycles. The van der Waals surface area contributed by atoms with Crippen molar-refractivity contribution in [1.29, 1.82) is 0 Å². The van der Waals surface area contributed by atoms with Crippen molar-refractivity contribution in [2.45, 2.75) is 13.5 Å². The van der Waals surface area contributed by atoms with Crippen LogP contribution in [0.2, 0.25) is 0 Å². The minimum Gasteiger partial charge on any atom is -0.455 e. The third-order valence-corrected chi connectivity index (χ3v) is 5.37. The highest BCUT2D eigenvalue weighted by atomic mass is 32.1. The number of aromatic nitrogens is 1. The summed E-state index contributed by atoms with van der Waals surface area (Å²) in [5.41, 5.74) is 1.28. The van der Waals surface area contributed by atoms with E-state index in [9.17, 15) is 14.4 Å². The molecule has 1 N–H and O–H groups in total. The second kappa shape index (κ2) is 8.77. The van der Waals surface area contributed by atoms with Gasteiger partial charge in [0.2, 0.25) is 5.91 Å². The summed E-state index contributed by atoms with van der Waals surface area (Å²) in [4.78, 5) is 42.4. The molecule has 1 aromatic carbocycles. The monoisotopic (exact) mass is 415 g/mol. The van der Waals surface area contributed by atoms with Crippen molar-refractivity contribution in [3.05, 3.63) is 63.3 Å². The van der Waals surface area contributed by atoms with E-state index in [1.165, 1.54) is 34.5 Å². The van der Waals surface area contributed by atoms with E-state index in [0.717, 1.165) is 0 Å². The fraction of sp³-hybridized carbons (Fsp3) is 0.158. The van der Waals surface area contributed by atoms with Crippen LogP contribution in [-0.4, -0.2) is 29.8 Å². The van der Waals surface area contributed by atoms with Crippen molar-refractivity contribution in [3.63, 3.8) is 0 Å². The van der Waals surface area contributed by atoms with Crippen LogP contribution < -0.4 is 10.2 Å². The van der Waals surface area contributed by atoms with Crippen molar-refractivity contribution in [3.8, 4) is 0 Å². The number of thiophene rings is 1. The number of anilines is 2. The molecule has 144 valence electrons. The predicted molar refractivity (Wildman–Crippen MR) is 109 cm³/mol. The average Bonchev–Trinajstić information content (AvgIpc) is 3.36. The Hall–Kier alpha value is -3.04. The Bertz CT molecular complexity index is 998. The fourth-order valence-corrected chi connectivity index (χ4v) is 3.85. The zero-order valence-corrected chi connectivity index (χ0v) is 16.8. The number of ether oxygens (including phenoxy) is 1. The standard InChI is InChI=1S/C19H17N3O4S2/c1-12(23)20-19-21-13(11-28-19)10-26-18(25)14-6-3-4-7-15(14)22(2)17(24)16-8-5-9-27-16/h3-9,11H,10H2,1-2H3,(H,20,21,23). The molecule has 0 bridgehead atoms. The van der Waals surface area contributed by atoms with Gasteiger partial charge in [0.25, 0.3) is 5.91 Å². The molecule has 3 rings (SSSR count). The number of nitrogens with one attached hydrogen (secondary N) is 1. The molecule has 2 amide bonds. The molecule has 0 radical (unpaired) electrons. The number of hydrogen-bond donors (Lipinski definition) is 1. The molecule has 0 atom stereocenters. The molecule has 7 nitrogen and oxygen atoms in total. The zero-order valence-electron chi connectivity index (χ0n) is 15.2. The number of amides is 2. The third-order valence-electron chi connectivity index (χ3n) is 3.71. The highest BCUT2D eigenvalue weighted by Gasteiger charge is 2.21. The Balaban J connectivity index is 1.71. The smallest absolute Gasteiger partial charge is 0.340 e. The number of carbonyl (C=O) groups is 3. The Morgan fingerprint density at radius 3 is 2.64 bits per heavy atom. The van der Waals surface area contributed by atoms with Gasteiger partial charge in [-0.05, 0) is 23.6 Å². The minimum atomic E-state index is -0.560. The number of thiazole rings is 1. The lowest BCUT2D eigenvalue weighted by atomic mass is 10.1. The first-order valence-corrected chi connectivity index (χ1v) is 10.0. The van der Waals surface area contributed by atoms with Gasteiger partial charge in [0.15, 0.2) is 5.13 Å². The van der Waals surface area contributed by atoms with Gasteiger partial charge in [-0.15, -0.1) is 22.7 Å². The van der Waals surface area contributed by atoms with Crippen molar-refractivity contribution in [1.82, 2.24) is 4.98 Å². The van der Waals surface area contributed by atoms with Gasteiger partial charge in [0, 0.05) is 19.4 Å². The summed E-state index contributed by atoms with van der Waals surface area (Å²) >= 11 is 2.59. The van der Waals surface area contributed by atoms with Gasteiger partial charge in [0.05, 0.1) is 21.8 Å². The number of nitrogens with zero attached hydrogens (tertiary/aromatic N) is 2. The second-order valence-electron chi connectivity index (χ2n) is 5.76. The van der Waals surface area contributed by atoms with Gasteiger partial charge in [0.1, 0.15) is 6.61 Å². The Morgan fingerprint density at radius 1 is 1.14 bits per heavy atom. The number of benzene rings is 1. The molecule has 2 heterocycles. The predicted octanol–water partition coefficient (Wildman–Crippen LogP) is 3.80. The number of hydrogen-bond acceptors (Lipinski definition) is 7. The van der Waals surface area contributed by atoms with Crippen molar-refractivity contribution in [2.24, 2.45) is 0 Å². The Kier molecular flexibility index (Phi) is 6.17. The summed E-state index contributed by atoms with van der Waals surface area (Å²) in [6.45, 7) is 1.36. The summed E-state index contributed by atoms with van der Waals surface area (Å²) in [5.74, 6) is -0.976. The molecule has 0 spiro atoms. The summed E-state index contributed by atoms with van der Waals surface area (Å²) in [6.07, 6.45) is 0. The van der Waals surface area contributed by atoms with Crippen LogP contribution in [-0.2, 0) is 16.1 Å². The van der Waals surface area contributed by atoms with Crippen LogP contribution in [0.1, 0.15) is 32.6 Å². The number of carbonyl (C=O) groups excluding carboxylic acids is 3. The van der Waals surface area contributed by atoms with Gasteiger partial charge in [-0.2, -0.15) is 0 Å². The lowest BCUT2D eigenvalue weighted by Crippen LogP contribution is -2.27. The highest BCUT2D eigenvalue weighted by Crippen LogP contribution is 2.24. The molecule has 0 unspecified atom stereocenters. The van der Waals surface area contributed by atoms with E-state index in [4.69, 9.17) is 4.74 Å². The molecule has 0 aliphatic carbocycles. The normalized spacial score (nSPS) is 10.4. The maximum absolute atomic E-state index is 12.6. The average molecular weight is 415 g/mol. The maximum atomic E-state index is 12.6. The van der Waals surface area contributed by atoms with E-state index >= 15 is 0 Å². The minimum absolute atomic E-state index is 0.0359. The summed E-state index contributed by atoms with van der Waals surface area (Å²) in [5, 5.41) is 6.55. The van der Waals surface area contributed by atoms with Crippen LogP contribution in [0.15, 0.2) is 47.2 Å². The zero-order chi connectivity index (χ0) is 20.1. The molecule has 0 saturated heterocycles. The molecule has 28 heavy (non-hydrogen) atoms. The molecule has 3 aromatic rings. The topological polar surface area (TPSA) is 88.6 Å². The van der Waals surface area contributed by atoms with Crippen LogP contribution in [0, 0.1) is 0 Å². The first-order chi connectivity index (χ1) is 13.5. The lowest BCUT2D eigenvalue weighted by molar-refractivity contribution is -0.114. The van der Waals surface area contributed by atoms with E-state index in [1.54, 1.807) is 48.8 Å². The van der Waals surface area contributed by atoms with Gasteiger partial charge in [-0.3, -0.25) is 9.59 Å². The quantitative estimate of drug-likeness (QED) is 0.619. The van der Waals surface area contributed by atoms with Crippen molar-refractivity contribution < 1.29 is 19.1 Å². The van der Waals surface area contributed by atoms with E-state index in [-0.39, 0.29) is 24.0 Å². The maximum Gasteiger partial charge on any atom is 0.340 e. The van der Waals surface area contributed by atoms with Crippen LogP contribution in [0.25, 0.3) is 0 Å². The number of para-hydroxylation sites is 1. The molecule has 0 aliphatic heterocycles.